The first-order chi connectivity index (χ1) is 19.8. The molecule has 0 bridgehead atoms. The Labute approximate surface area is 268 Å². The summed E-state index contributed by atoms with van der Waals surface area (Å²) >= 11 is 0. The molecule has 0 heterocycles. The first-order valence-corrected chi connectivity index (χ1v) is 18.8. The van der Waals surface area contributed by atoms with E-state index in [1.807, 2.05) is 0 Å². The zero-order chi connectivity index (χ0) is 31.7. The van der Waals surface area contributed by atoms with Crippen molar-refractivity contribution < 1.29 is 1.43 Å². The third-order valence-electron chi connectivity index (χ3n) is 11.3. The van der Waals surface area contributed by atoms with Crippen LogP contribution in [0.2, 0.25) is 0 Å². The highest BCUT2D eigenvalue weighted by Crippen LogP contribution is 2.29. The van der Waals surface area contributed by atoms with E-state index in [2.05, 4.69) is 95.2 Å². The van der Waals surface area contributed by atoms with E-state index < -0.39 is 0 Å². The minimum atomic E-state index is 0. The van der Waals surface area contributed by atoms with E-state index in [1.165, 1.54) is 125 Å². The molecule has 0 radical (unpaired) electrons. The van der Waals surface area contributed by atoms with E-state index >= 15 is 0 Å². The Morgan fingerprint density at radius 1 is 0.333 bits per heavy atom. The number of hydrogen-bond donors (Lipinski definition) is 0. The molecular weight excluding hydrogens is 504 g/mol. The first kappa shape index (κ1) is 39.2. The van der Waals surface area contributed by atoms with Crippen LogP contribution in [0.15, 0.2) is 12.1 Å². The van der Waals surface area contributed by atoms with Crippen LogP contribution in [-0.2, 0) is 0 Å². The number of hydrogen-bond acceptors (Lipinski definition) is 0. The molecule has 0 aromatic heterocycles. The molecule has 0 nitrogen and oxygen atoms in total. The second-order valence-electron chi connectivity index (χ2n) is 16.5. The summed E-state index contributed by atoms with van der Waals surface area (Å²) in [6.07, 6.45) is 23.6. The van der Waals surface area contributed by atoms with Gasteiger partial charge in [-0.1, -0.05) is 176 Å². The van der Waals surface area contributed by atoms with Crippen LogP contribution in [0.4, 0.5) is 0 Å². The molecule has 0 saturated heterocycles. The fraction of sp³-hybridized carbons (Fsp3) is 0.857. The quantitative estimate of drug-likeness (QED) is 0.284. The fourth-order valence-corrected chi connectivity index (χ4v) is 6.96. The summed E-state index contributed by atoms with van der Waals surface area (Å²) in [5, 5.41) is 0. The molecule has 0 amide bonds. The lowest BCUT2D eigenvalue weighted by atomic mass is 9.84. The maximum Gasteiger partial charge on any atom is 0 e. The van der Waals surface area contributed by atoms with Crippen molar-refractivity contribution in [2.45, 2.75) is 186 Å². The van der Waals surface area contributed by atoms with Crippen molar-refractivity contribution in [3.05, 3.63) is 34.4 Å². The third kappa shape index (κ3) is 18.8. The number of rotatable bonds is 0. The maximum absolute atomic E-state index is 2.37. The fourth-order valence-electron chi connectivity index (χ4n) is 6.96. The molecule has 42 heavy (non-hydrogen) atoms. The Morgan fingerprint density at radius 3 is 0.619 bits per heavy atom. The molecule has 1 aromatic carbocycles. The smallest absolute Gasteiger partial charge is 0 e. The summed E-state index contributed by atoms with van der Waals surface area (Å²) < 4.78 is 0. The second-order valence-corrected chi connectivity index (χ2v) is 16.5. The zero-order valence-electron chi connectivity index (χ0n) is 31.1. The molecule has 1 aromatic rings. The van der Waals surface area contributed by atoms with Gasteiger partial charge in [-0.25, -0.2) is 0 Å². The molecule has 248 valence electrons. The lowest BCUT2D eigenvalue weighted by Gasteiger charge is -2.22. The molecule has 0 atom stereocenters. The second kappa shape index (κ2) is 21.8. The van der Waals surface area contributed by atoms with Crippen LogP contribution >= 0.6 is 0 Å². The van der Waals surface area contributed by atoms with Crippen LogP contribution in [-0.4, -0.2) is 0 Å². The van der Waals surface area contributed by atoms with Gasteiger partial charge in [0.1, 0.15) is 0 Å². The number of aryl methyl sites for hydroxylation is 3. The minimum Gasteiger partial charge on any atom is -0.0625 e. The Morgan fingerprint density at radius 2 is 0.476 bits per heavy atom. The van der Waals surface area contributed by atoms with Gasteiger partial charge in [-0.15, -0.1) is 0 Å². The molecule has 0 N–H and O–H groups in total. The highest BCUT2D eigenvalue weighted by atomic mass is 14.2. The molecule has 0 unspecified atom stereocenters. The van der Waals surface area contributed by atoms with E-state index in [9.17, 15) is 0 Å². The molecule has 0 heteroatoms. The van der Waals surface area contributed by atoms with Gasteiger partial charge in [0.2, 0.25) is 0 Å². The SMILES string of the molecule is CC1CCC(C)CC1.CC1CCC(C)CC1.CC1CCC(C)CC1.CC1CCC(C)CC1.Cc1cc(C)c(C)c(C)c1.[HH]. The van der Waals surface area contributed by atoms with Gasteiger partial charge in [-0.3, -0.25) is 0 Å². The molecule has 4 aliphatic rings. The summed E-state index contributed by atoms with van der Waals surface area (Å²) in [6.45, 7) is 27.6. The minimum absolute atomic E-state index is 0. The van der Waals surface area contributed by atoms with Crippen molar-refractivity contribution in [2.24, 2.45) is 47.3 Å². The standard InChI is InChI=1S/C10H14.4C8H16.H2/c1-7-5-8(2)10(4)9(3)6-7;4*1-7-3-5-8(2)6-4-7;/h5-6H,1-4H3;4*7-8H,3-6H2,1-2H3;1H. The summed E-state index contributed by atoms with van der Waals surface area (Å²) in [5.74, 6) is 8.16. The summed E-state index contributed by atoms with van der Waals surface area (Å²) in [5.41, 5.74) is 5.58. The Bertz CT molecular complexity index is 636. The zero-order valence-corrected chi connectivity index (χ0v) is 31.1. The number of benzene rings is 1. The van der Waals surface area contributed by atoms with Gasteiger partial charge in [-0.05, 0) is 91.7 Å². The van der Waals surface area contributed by atoms with E-state index in [1.54, 1.807) is 0 Å². The van der Waals surface area contributed by atoms with Gasteiger partial charge in [0.05, 0.1) is 0 Å². The Kier molecular flexibility index (Phi) is 20.4. The molecule has 0 aliphatic heterocycles. The van der Waals surface area contributed by atoms with Crippen molar-refractivity contribution in [1.29, 1.82) is 0 Å². The molecule has 4 fully saturated rings. The molecular formula is C42H80. The van der Waals surface area contributed by atoms with E-state index in [0.717, 1.165) is 47.3 Å². The predicted molar refractivity (Wildman–Crippen MR) is 195 cm³/mol. The van der Waals surface area contributed by atoms with Gasteiger partial charge < -0.3 is 0 Å². The molecule has 0 spiro atoms. The highest BCUT2D eigenvalue weighted by Gasteiger charge is 2.15. The molecule has 4 saturated carbocycles. The van der Waals surface area contributed by atoms with Crippen LogP contribution in [0, 0.1) is 75.0 Å². The maximum atomic E-state index is 2.37. The van der Waals surface area contributed by atoms with Gasteiger partial charge in [0.25, 0.3) is 0 Å². The summed E-state index contributed by atoms with van der Waals surface area (Å²) in [6, 6.07) is 4.45. The first-order valence-electron chi connectivity index (χ1n) is 18.8. The van der Waals surface area contributed by atoms with Gasteiger partial charge in [0.15, 0.2) is 0 Å². The average molecular weight is 585 g/mol. The lowest BCUT2D eigenvalue weighted by Crippen LogP contribution is -2.08. The van der Waals surface area contributed by atoms with Crippen molar-refractivity contribution in [3.8, 4) is 0 Å². The molecule has 4 aliphatic carbocycles. The van der Waals surface area contributed by atoms with E-state index in [-0.39, 0.29) is 1.43 Å². The topological polar surface area (TPSA) is 0 Å². The van der Waals surface area contributed by atoms with E-state index in [0.29, 0.717) is 0 Å². The van der Waals surface area contributed by atoms with Gasteiger partial charge >= 0.3 is 0 Å². The van der Waals surface area contributed by atoms with Gasteiger partial charge in [-0.2, -0.15) is 0 Å². The van der Waals surface area contributed by atoms with E-state index in [4.69, 9.17) is 0 Å². The summed E-state index contributed by atoms with van der Waals surface area (Å²) in [4.78, 5) is 0. The Hall–Kier alpha value is -0.780. The molecule has 5 rings (SSSR count). The van der Waals surface area contributed by atoms with Crippen molar-refractivity contribution >= 4 is 0 Å². The largest absolute Gasteiger partial charge is 0.0625 e. The summed E-state index contributed by atoms with van der Waals surface area (Å²) in [7, 11) is 0. The third-order valence-corrected chi connectivity index (χ3v) is 11.3. The highest BCUT2D eigenvalue weighted by molar-refractivity contribution is 5.36. The van der Waals surface area contributed by atoms with Gasteiger partial charge in [0, 0.05) is 1.43 Å². The van der Waals surface area contributed by atoms with Crippen LogP contribution in [0.25, 0.3) is 0 Å². The van der Waals surface area contributed by atoms with Crippen LogP contribution < -0.4 is 0 Å². The van der Waals surface area contributed by atoms with Crippen molar-refractivity contribution in [3.63, 3.8) is 0 Å². The Balaban J connectivity index is 0.000000511. The average Bonchev–Trinajstić information content (AvgIpc) is 2.95. The predicted octanol–water partition coefficient (Wildman–Crippen LogP) is 14.5. The van der Waals surface area contributed by atoms with Crippen LogP contribution in [0.3, 0.4) is 0 Å². The van der Waals surface area contributed by atoms with Crippen molar-refractivity contribution in [2.75, 3.05) is 0 Å². The van der Waals surface area contributed by atoms with Crippen LogP contribution in [0.1, 0.15) is 182 Å². The van der Waals surface area contributed by atoms with Crippen LogP contribution in [0.5, 0.6) is 0 Å². The van der Waals surface area contributed by atoms with Crippen molar-refractivity contribution in [1.82, 2.24) is 0 Å². The normalized spacial score (nSPS) is 32.7. The monoisotopic (exact) mass is 585 g/mol. The lowest BCUT2D eigenvalue weighted by molar-refractivity contribution is 0.308.